The Balaban J connectivity index is 1.52. The van der Waals surface area contributed by atoms with E-state index < -0.39 is 10.5 Å². The summed E-state index contributed by atoms with van der Waals surface area (Å²) >= 11 is 0. The minimum absolute atomic E-state index is 0.0210. The van der Waals surface area contributed by atoms with Gasteiger partial charge < -0.3 is 14.4 Å². The summed E-state index contributed by atoms with van der Waals surface area (Å²) in [6.07, 6.45) is 3.98. The van der Waals surface area contributed by atoms with Crippen LogP contribution >= 0.6 is 0 Å². The van der Waals surface area contributed by atoms with Crippen LogP contribution in [0.15, 0.2) is 24.4 Å². The lowest BCUT2D eigenvalue weighted by Gasteiger charge is -2.34. The predicted molar refractivity (Wildman–Crippen MR) is 107 cm³/mol. The zero-order valence-electron chi connectivity index (χ0n) is 17.0. The number of hydrogen-bond donors (Lipinski definition) is 0. The van der Waals surface area contributed by atoms with Crippen molar-refractivity contribution in [1.82, 2.24) is 14.9 Å². The number of likely N-dealkylation sites (tertiary alicyclic amines) is 1. The first kappa shape index (κ1) is 20.8. The molecule has 1 saturated heterocycles. The van der Waals surface area contributed by atoms with Gasteiger partial charge in [-0.15, -0.1) is 0 Å². The van der Waals surface area contributed by atoms with E-state index in [1.807, 2.05) is 20.8 Å². The maximum absolute atomic E-state index is 12.3. The van der Waals surface area contributed by atoms with Crippen molar-refractivity contribution in [3.05, 3.63) is 34.5 Å². The highest BCUT2D eigenvalue weighted by Gasteiger charge is 2.27. The third-order valence-corrected chi connectivity index (χ3v) is 4.66. The number of non-ortho nitro benzene ring substituents is 1. The molecule has 1 aliphatic heterocycles. The van der Waals surface area contributed by atoms with E-state index in [9.17, 15) is 14.9 Å². The normalized spacial score (nSPS) is 17.2. The van der Waals surface area contributed by atoms with Crippen LogP contribution < -0.4 is 4.74 Å². The van der Waals surface area contributed by atoms with Crippen LogP contribution in [0.25, 0.3) is 11.0 Å². The zero-order valence-corrected chi connectivity index (χ0v) is 17.0. The Hall–Kier alpha value is -2.97. The molecule has 1 aliphatic rings. The molecule has 29 heavy (non-hydrogen) atoms. The van der Waals surface area contributed by atoms with E-state index >= 15 is 0 Å². The van der Waals surface area contributed by atoms with Crippen LogP contribution in [-0.2, 0) is 4.74 Å². The second-order valence-corrected chi connectivity index (χ2v) is 8.21. The lowest BCUT2D eigenvalue weighted by molar-refractivity contribution is -0.384. The number of benzene rings is 1. The van der Waals surface area contributed by atoms with Crippen LogP contribution in [0.1, 0.15) is 40.0 Å². The highest BCUT2D eigenvalue weighted by atomic mass is 16.6. The zero-order chi connectivity index (χ0) is 21.0. The van der Waals surface area contributed by atoms with Gasteiger partial charge in [-0.1, -0.05) is 0 Å². The molecule has 1 aromatic carbocycles. The fraction of sp³-hybridized carbons (Fsp3) is 0.550. The number of amides is 1. The van der Waals surface area contributed by atoms with Gasteiger partial charge in [-0.2, -0.15) is 0 Å². The maximum Gasteiger partial charge on any atom is 0.410 e. The van der Waals surface area contributed by atoms with Crippen molar-refractivity contribution in [2.24, 2.45) is 5.92 Å². The van der Waals surface area contributed by atoms with Gasteiger partial charge in [-0.25, -0.2) is 14.8 Å². The maximum atomic E-state index is 12.3. The molecule has 156 valence electrons. The van der Waals surface area contributed by atoms with Crippen LogP contribution in [0, 0.1) is 16.0 Å². The Morgan fingerprint density at radius 3 is 2.86 bits per heavy atom. The number of fused-ring (bicyclic) bond motifs is 1. The first-order valence-corrected chi connectivity index (χ1v) is 9.73. The molecular weight excluding hydrogens is 376 g/mol. The lowest BCUT2D eigenvalue weighted by atomic mass is 9.95. The fourth-order valence-electron chi connectivity index (χ4n) is 3.29. The minimum Gasteiger partial charge on any atom is -0.477 e. The first-order valence-electron chi connectivity index (χ1n) is 9.73. The fourth-order valence-corrected chi connectivity index (χ4v) is 3.29. The van der Waals surface area contributed by atoms with E-state index in [0.717, 1.165) is 19.3 Å². The van der Waals surface area contributed by atoms with Crippen LogP contribution in [0.5, 0.6) is 5.88 Å². The number of piperidine rings is 1. The molecule has 1 aromatic heterocycles. The average molecular weight is 402 g/mol. The summed E-state index contributed by atoms with van der Waals surface area (Å²) in [6.45, 7) is 7.43. The number of carbonyl (C=O) groups excluding carboxylic acids is 1. The Morgan fingerprint density at radius 1 is 1.34 bits per heavy atom. The molecule has 1 amide bonds. The number of hydrogen-bond acceptors (Lipinski definition) is 7. The molecule has 0 aliphatic carbocycles. The number of nitro benzene ring substituents is 1. The molecule has 1 unspecified atom stereocenters. The van der Waals surface area contributed by atoms with Crippen molar-refractivity contribution in [3.63, 3.8) is 0 Å². The standard InChI is InChI=1S/C20H26N4O5/c1-20(2,3)29-19(25)23-9-4-5-14(13-23)8-10-28-18-12-21-17-11-15(24(26)27)6-7-16(17)22-18/h6-7,11-12,14H,4-5,8-10,13H2,1-3H3. The third-order valence-electron chi connectivity index (χ3n) is 4.66. The Labute approximate surface area is 169 Å². The topological polar surface area (TPSA) is 108 Å². The number of nitrogens with zero attached hydrogens (tertiary/aromatic N) is 4. The summed E-state index contributed by atoms with van der Waals surface area (Å²) in [4.78, 5) is 32.9. The molecule has 3 rings (SSSR count). The van der Waals surface area contributed by atoms with Crippen LogP contribution in [0.4, 0.5) is 10.5 Å². The third kappa shape index (κ3) is 5.75. The molecule has 0 bridgehead atoms. The molecule has 9 nitrogen and oxygen atoms in total. The highest BCUT2D eigenvalue weighted by Crippen LogP contribution is 2.23. The van der Waals surface area contributed by atoms with E-state index in [-0.39, 0.29) is 11.8 Å². The monoisotopic (exact) mass is 402 g/mol. The van der Waals surface area contributed by atoms with Crippen molar-refractivity contribution in [2.75, 3.05) is 19.7 Å². The molecule has 0 N–H and O–H groups in total. The second-order valence-electron chi connectivity index (χ2n) is 8.21. The Bertz CT molecular complexity index is 896. The first-order chi connectivity index (χ1) is 13.7. The van der Waals surface area contributed by atoms with Crippen LogP contribution in [-0.4, -0.2) is 51.2 Å². The van der Waals surface area contributed by atoms with Crippen molar-refractivity contribution in [3.8, 4) is 5.88 Å². The van der Waals surface area contributed by atoms with Gasteiger partial charge in [0, 0.05) is 25.2 Å². The van der Waals surface area contributed by atoms with Crippen molar-refractivity contribution < 1.29 is 19.2 Å². The molecular formula is C20H26N4O5. The van der Waals surface area contributed by atoms with Gasteiger partial charge in [0.1, 0.15) is 5.60 Å². The van der Waals surface area contributed by atoms with Crippen molar-refractivity contribution in [1.29, 1.82) is 0 Å². The number of ether oxygens (including phenoxy) is 2. The molecule has 0 saturated carbocycles. The minimum atomic E-state index is -0.498. The number of nitro groups is 1. The van der Waals surface area contributed by atoms with Gasteiger partial charge in [0.15, 0.2) is 0 Å². The molecule has 0 spiro atoms. The molecule has 9 heteroatoms. The van der Waals surface area contributed by atoms with Gasteiger partial charge in [0.2, 0.25) is 5.88 Å². The van der Waals surface area contributed by atoms with Crippen LogP contribution in [0.2, 0.25) is 0 Å². The molecule has 2 aromatic rings. The van der Waals surface area contributed by atoms with E-state index in [2.05, 4.69) is 9.97 Å². The Kier molecular flexibility index (Phi) is 6.14. The molecule has 2 heterocycles. The Morgan fingerprint density at radius 2 is 2.14 bits per heavy atom. The lowest BCUT2D eigenvalue weighted by Crippen LogP contribution is -2.43. The summed E-state index contributed by atoms with van der Waals surface area (Å²) in [5.74, 6) is 0.721. The van der Waals surface area contributed by atoms with Gasteiger partial charge in [-0.05, 0) is 52.0 Å². The van der Waals surface area contributed by atoms with E-state index in [4.69, 9.17) is 9.47 Å². The van der Waals surface area contributed by atoms with Gasteiger partial charge in [0.25, 0.3) is 5.69 Å². The number of carbonyl (C=O) groups is 1. The summed E-state index contributed by atoms with van der Waals surface area (Å²) in [7, 11) is 0. The second kappa shape index (κ2) is 8.59. The van der Waals surface area contributed by atoms with Crippen molar-refractivity contribution in [2.45, 2.75) is 45.6 Å². The SMILES string of the molecule is CC(C)(C)OC(=O)N1CCCC(CCOc2cnc3cc([N+](=O)[O-])ccc3n2)C1. The number of aromatic nitrogens is 2. The largest absolute Gasteiger partial charge is 0.477 e. The van der Waals surface area contributed by atoms with Gasteiger partial charge in [-0.3, -0.25) is 10.1 Å². The predicted octanol–water partition coefficient (Wildman–Crippen LogP) is 3.95. The summed E-state index contributed by atoms with van der Waals surface area (Å²) in [5, 5.41) is 10.8. The van der Waals surface area contributed by atoms with E-state index in [1.54, 1.807) is 11.0 Å². The smallest absolute Gasteiger partial charge is 0.410 e. The summed E-state index contributed by atoms with van der Waals surface area (Å²) in [6, 6.07) is 4.35. The van der Waals surface area contributed by atoms with Crippen molar-refractivity contribution >= 4 is 22.8 Å². The van der Waals surface area contributed by atoms with E-state index in [1.165, 1.54) is 18.3 Å². The molecule has 1 atom stereocenters. The molecule has 1 fully saturated rings. The van der Waals surface area contributed by atoms with Gasteiger partial charge >= 0.3 is 6.09 Å². The highest BCUT2D eigenvalue weighted by molar-refractivity contribution is 5.77. The van der Waals surface area contributed by atoms with Crippen LogP contribution in [0.3, 0.4) is 0 Å². The summed E-state index contributed by atoms with van der Waals surface area (Å²) in [5.41, 5.74) is 0.475. The van der Waals surface area contributed by atoms with E-state index in [0.29, 0.717) is 42.5 Å². The molecule has 0 radical (unpaired) electrons. The quantitative estimate of drug-likeness (QED) is 0.550. The summed E-state index contributed by atoms with van der Waals surface area (Å²) < 4.78 is 11.2. The average Bonchev–Trinajstić information content (AvgIpc) is 2.66. The number of rotatable bonds is 5. The van der Waals surface area contributed by atoms with Gasteiger partial charge in [0.05, 0.1) is 28.8 Å².